The van der Waals surface area contributed by atoms with Crippen molar-refractivity contribution in [1.82, 2.24) is 9.13 Å². The van der Waals surface area contributed by atoms with Crippen LogP contribution in [0.5, 0.6) is 5.75 Å². The monoisotopic (exact) mass is 404 g/mol. The van der Waals surface area contributed by atoms with Gasteiger partial charge in [0.2, 0.25) is 0 Å². The van der Waals surface area contributed by atoms with Gasteiger partial charge in [-0.05, 0) is 29.8 Å². The zero-order valence-corrected chi connectivity index (χ0v) is 15.3. The Bertz CT molecular complexity index is 1170. The lowest BCUT2D eigenvalue weighted by molar-refractivity contribution is 0.0684. The molecule has 0 aliphatic carbocycles. The number of carboxylic acids is 1. The minimum Gasteiger partial charge on any atom is -0.489 e. The standard InChI is InChI=1S/C19H14ClFN2O5/c1-22-16(18(25)26)9-17(24)23(19(22)27)15-7-6-13(8-14(15)21)28-10-11-2-4-12(20)5-3-11/h2-9H,10H2,1H3,(H,25,26). The van der Waals surface area contributed by atoms with E-state index in [0.717, 1.165) is 22.3 Å². The summed E-state index contributed by atoms with van der Waals surface area (Å²) in [6.07, 6.45) is 0. The fourth-order valence-corrected chi connectivity index (χ4v) is 2.68. The van der Waals surface area contributed by atoms with Crippen LogP contribution in [0.3, 0.4) is 0 Å². The quantitative estimate of drug-likeness (QED) is 0.706. The van der Waals surface area contributed by atoms with Gasteiger partial charge in [-0.2, -0.15) is 0 Å². The van der Waals surface area contributed by atoms with Crippen LogP contribution in [0.1, 0.15) is 16.1 Å². The van der Waals surface area contributed by atoms with Crippen LogP contribution in [0.2, 0.25) is 5.02 Å². The summed E-state index contributed by atoms with van der Waals surface area (Å²) in [7, 11) is 1.18. The molecule has 3 rings (SSSR count). The van der Waals surface area contributed by atoms with Gasteiger partial charge >= 0.3 is 11.7 Å². The Labute approximate surface area is 162 Å². The van der Waals surface area contributed by atoms with E-state index >= 15 is 0 Å². The smallest absolute Gasteiger partial charge is 0.352 e. The molecule has 0 bridgehead atoms. The molecule has 28 heavy (non-hydrogen) atoms. The molecule has 1 heterocycles. The van der Waals surface area contributed by atoms with Crippen molar-refractivity contribution in [1.29, 1.82) is 0 Å². The number of halogens is 2. The Morgan fingerprint density at radius 2 is 1.82 bits per heavy atom. The number of benzene rings is 2. The van der Waals surface area contributed by atoms with Crippen LogP contribution >= 0.6 is 11.6 Å². The Hall–Kier alpha value is -3.39. The van der Waals surface area contributed by atoms with E-state index in [1.165, 1.54) is 19.2 Å². The van der Waals surface area contributed by atoms with E-state index in [1.54, 1.807) is 24.3 Å². The molecular formula is C19H14ClFN2O5. The van der Waals surface area contributed by atoms with Gasteiger partial charge in [-0.1, -0.05) is 23.7 Å². The molecule has 1 aromatic heterocycles. The van der Waals surface area contributed by atoms with Crippen LogP contribution in [0.15, 0.2) is 58.1 Å². The zero-order chi connectivity index (χ0) is 20.4. The summed E-state index contributed by atoms with van der Waals surface area (Å²) in [6, 6.07) is 11.4. The normalized spacial score (nSPS) is 10.7. The predicted molar refractivity (Wildman–Crippen MR) is 100.0 cm³/mol. The number of carboxylic acid groups (broad SMARTS) is 1. The highest BCUT2D eigenvalue weighted by molar-refractivity contribution is 6.30. The lowest BCUT2D eigenvalue weighted by Gasteiger charge is -2.12. The Balaban J connectivity index is 1.92. The first-order chi connectivity index (χ1) is 13.3. The van der Waals surface area contributed by atoms with Crippen LogP contribution < -0.4 is 16.0 Å². The summed E-state index contributed by atoms with van der Waals surface area (Å²) in [5.41, 5.74) is -1.90. The maximum atomic E-state index is 14.5. The van der Waals surface area contributed by atoms with Gasteiger partial charge in [0.1, 0.15) is 18.1 Å². The van der Waals surface area contributed by atoms with E-state index in [1.807, 2.05) is 0 Å². The summed E-state index contributed by atoms with van der Waals surface area (Å²) in [5.74, 6) is -2.10. The molecule has 0 unspecified atom stereocenters. The largest absolute Gasteiger partial charge is 0.489 e. The fourth-order valence-electron chi connectivity index (χ4n) is 2.56. The van der Waals surface area contributed by atoms with Gasteiger partial charge in [-0.25, -0.2) is 18.5 Å². The van der Waals surface area contributed by atoms with Gasteiger partial charge in [-0.3, -0.25) is 9.36 Å². The van der Waals surface area contributed by atoms with Crippen molar-refractivity contribution in [2.24, 2.45) is 7.05 Å². The first-order valence-corrected chi connectivity index (χ1v) is 8.39. The van der Waals surface area contributed by atoms with Gasteiger partial charge < -0.3 is 9.84 Å². The average Bonchev–Trinajstić information content (AvgIpc) is 2.65. The van der Waals surface area contributed by atoms with Gasteiger partial charge in [0, 0.05) is 24.2 Å². The van der Waals surface area contributed by atoms with Crippen molar-refractivity contribution in [2.45, 2.75) is 6.61 Å². The number of hydrogen-bond acceptors (Lipinski definition) is 4. The molecule has 0 fully saturated rings. The SMILES string of the molecule is Cn1c(C(=O)O)cc(=O)n(-c2ccc(OCc3ccc(Cl)cc3)cc2F)c1=O. The second-order valence-corrected chi connectivity index (χ2v) is 6.31. The Morgan fingerprint density at radius 1 is 1.14 bits per heavy atom. The molecule has 3 aromatic rings. The van der Waals surface area contributed by atoms with Crippen LogP contribution in [-0.2, 0) is 13.7 Å². The van der Waals surface area contributed by atoms with Gasteiger partial charge in [0.15, 0.2) is 5.82 Å². The van der Waals surface area contributed by atoms with Crippen molar-refractivity contribution in [3.05, 3.63) is 91.5 Å². The maximum absolute atomic E-state index is 14.5. The highest BCUT2D eigenvalue weighted by Gasteiger charge is 2.17. The molecule has 1 N–H and O–H groups in total. The topological polar surface area (TPSA) is 90.5 Å². The zero-order valence-electron chi connectivity index (χ0n) is 14.6. The molecule has 9 heteroatoms. The second-order valence-electron chi connectivity index (χ2n) is 5.88. The third kappa shape index (κ3) is 3.81. The first-order valence-electron chi connectivity index (χ1n) is 8.01. The van der Waals surface area contributed by atoms with E-state index < -0.39 is 28.7 Å². The predicted octanol–water partition coefficient (Wildman–Crippen LogP) is 2.61. The van der Waals surface area contributed by atoms with Gasteiger partial charge in [-0.15, -0.1) is 0 Å². The second kappa shape index (κ2) is 7.69. The molecule has 7 nitrogen and oxygen atoms in total. The van der Waals surface area contributed by atoms with Crippen LogP contribution in [0.4, 0.5) is 4.39 Å². The summed E-state index contributed by atoms with van der Waals surface area (Å²) in [5, 5.41) is 9.61. The summed E-state index contributed by atoms with van der Waals surface area (Å²) >= 11 is 5.81. The number of hydrogen-bond donors (Lipinski definition) is 1. The van der Waals surface area contributed by atoms with E-state index in [-0.39, 0.29) is 18.0 Å². The molecule has 0 amide bonds. The van der Waals surface area contributed by atoms with Gasteiger partial charge in [0.05, 0.1) is 5.69 Å². The van der Waals surface area contributed by atoms with Crippen LogP contribution in [0.25, 0.3) is 5.69 Å². The molecule has 0 atom stereocenters. The summed E-state index contributed by atoms with van der Waals surface area (Å²) in [4.78, 5) is 35.6. The molecule has 144 valence electrons. The average molecular weight is 405 g/mol. The minimum absolute atomic E-state index is 0.172. The minimum atomic E-state index is -1.43. The lowest BCUT2D eigenvalue weighted by atomic mass is 10.2. The number of ether oxygens (including phenoxy) is 1. The number of aromatic nitrogens is 2. The highest BCUT2D eigenvalue weighted by atomic mass is 35.5. The maximum Gasteiger partial charge on any atom is 0.352 e. The molecule has 0 radical (unpaired) electrons. The molecule has 0 aliphatic heterocycles. The van der Waals surface area contributed by atoms with Crippen molar-refractivity contribution in [3.63, 3.8) is 0 Å². The highest BCUT2D eigenvalue weighted by Crippen LogP contribution is 2.20. The third-order valence-corrected chi connectivity index (χ3v) is 4.27. The van der Waals surface area contributed by atoms with Gasteiger partial charge in [0.25, 0.3) is 5.56 Å². The van der Waals surface area contributed by atoms with Crippen LogP contribution in [-0.4, -0.2) is 20.2 Å². The van der Waals surface area contributed by atoms with Crippen molar-refractivity contribution < 1.29 is 19.0 Å². The molecule has 2 aromatic carbocycles. The number of nitrogens with zero attached hydrogens (tertiary/aromatic N) is 2. The Morgan fingerprint density at radius 3 is 2.43 bits per heavy atom. The number of carbonyl (C=O) groups is 1. The number of rotatable bonds is 5. The van der Waals surface area contributed by atoms with E-state index in [0.29, 0.717) is 9.59 Å². The molecule has 0 saturated carbocycles. The fraction of sp³-hybridized carbons (Fsp3) is 0.105. The third-order valence-electron chi connectivity index (χ3n) is 4.02. The summed E-state index contributed by atoms with van der Waals surface area (Å²) < 4.78 is 21.4. The molecule has 0 aliphatic rings. The van der Waals surface area contributed by atoms with Crippen molar-refractivity contribution in [2.75, 3.05) is 0 Å². The van der Waals surface area contributed by atoms with Crippen LogP contribution in [0, 0.1) is 5.82 Å². The first kappa shape index (κ1) is 19.4. The molecule has 0 saturated heterocycles. The van der Waals surface area contributed by atoms with Crippen molar-refractivity contribution >= 4 is 17.6 Å². The van der Waals surface area contributed by atoms with Crippen molar-refractivity contribution in [3.8, 4) is 11.4 Å². The van der Waals surface area contributed by atoms with E-state index in [2.05, 4.69) is 0 Å². The lowest BCUT2D eigenvalue weighted by Crippen LogP contribution is -2.40. The Kier molecular flexibility index (Phi) is 5.32. The van der Waals surface area contributed by atoms with E-state index in [9.17, 15) is 18.8 Å². The molecular weight excluding hydrogens is 391 g/mol. The number of aromatic carboxylic acids is 1. The summed E-state index contributed by atoms with van der Waals surface area (Å²) in [6.45, 7) is 0.172. The molecule has 0 spiro atoms. The van der Waals surface area contributed by atoms with E-state index in [4.69, 9.17) is 21.4 Å².